The van der Waals surface area contributed by atoms with Crippen LogP contribution in [0.25, 0.3) is 0 Å². The fraction of sp³-hybridized carbons (Fsp3) is 0.500. The lowest BCUT2D eigenvalue weighted by Crippen LogP contribution is -2.27. The molecule has 1 amide bonds. The zero-order chi connectivity index (χ0) is 14.3. The van der Waals surface area contributed by atoms with Gasteiger partial charge in [0.1, 0.15) is 0 Å². The maximum absolute atomic E-state index is 11.1. The van der Waals surface area contributed by atoms with Crippen molar-refractivity contribution in [1.29, 1.82) is 0 Å². The standard InChI is InChI=1S/C14H23N3O2/c1-3-17(7-8-19-4-2)10-12-6-5-11(14(16)18)9-13(12)15/h5-6,9H,3-4,7-8,10,15H2,1-2H3,(H2,16,18). The Balaban J connectivity index is 2.66. The number of ether oxygens (including phenoxy) is 1. The highest BCUT2D eigenvalue weighted by atomic mass is 16.5. The number of amides is 1. The number of hydrogen-bond acceptors (Lipinski definition) is 4. The Kier molecular flexibility index (Phi) is 6.32. The second-order valence-electron chi connectivity index (χ2n) is 4.34. The van der Waals surface area contributed by atoms with E-state index in [9.17, 15) is 4.79 Å². The molecule has 0 heterocycles. The van der Waals surface area contributed by atoms with E-state index in [4.69, 9.17) is 16.2 Å². The van der Waals surface area contributed by atoms with Gasteiger partial charge in [-0.3, -0.25) is 9.69 Å². The van der Waals surface area contributed by atoms with Crippen molar-refractivity contribution in [2.45, 2.75) is 20.4 Å². The summed E-state index contributed by atoms with van der Waals surface area (Å²) in [5.41, 5.74) is 13.2. The Bertz CT molecular complexity index is 421. The maximum Gasteiger partial charge on any atom is 0.248 e. The maximum atomic E-state index is 11.1. The third kappa shape index (κ3) is 4.89. The van der Waals surface area contributed by atoms with Crippen LogP contribution in [0.4, 0.5) is 5.69 Å². The number of carbonyl (C=O) groups is 1. The minimum atomic E-state index is -0.457. The molecule has 4 N–H and O–H groups in total. The predicted octanol–water partition coefficient (Wildman–Crippen LogP) is 1.23. The third-order valence-corrected chi connectivity index (χ3v) is 3.03. The van der Waals surface area contributed by atoms with Gasteiger partial charge in [-0.05, 0) is 31.2 Å². The molecule has 0 fully saturated rings. The molecule has 0 aliphatic heterocycles. The summed E-state index contributed by atoms with van der Waals surface area (Å²) < 4.78 is 5.35. The van der Waals surface area contributed by atoms with E-state index in [0.717, 1.165) is 31.8 Å². The molecule has 0 spiro atoms. The van der Waals surface area contributed by atoms with Gasteiger partial charge in [-0.25, -0.2) is 0 Å². The van der Waals surface area contributed by atoms with Gasteiger partial charge in [0.2, 0.25) is 5.91 Å². The summed E-state index contributed by atoms with van der Waals surface area (Å²) in [6.45, 7) is 8.05. The minimum absolute atomic E-state index is 0.443. The summed E-state index contributed by atoms with van der Waals surface area (Å²) in [6.07, 6.45) is 0. The van der Waals surface area contributed by atoms with Gasteiger partial charge in [0.25, 0.3) is 0 Å². The van der Waals surface area contributed by atoms with Gasteiger partial charge in [-0.2, -0.15) is 0 Å². The summed E-state index contributed by atoms with van der Waals surface area (Å²) in [7, 11) is 0. The fourth-order valence-corrected chi connectivity index (χ4v) is 1.82. The van der Waals surface area contributed by atoms with E-state index in [0.29, 0.717) is 17.9 Å². The van der Waals surface area contributed by atoms with Crippen molar-refractivity contribution < 1.29 is 9.53 Å². The van der Waals surface area contributed by atoms with Gasteiger partial charge < -0.3 is 16.2 Å². The van der Waals surface area contributed by atoms with E-state index in [1.54, 1.807) is 12.1 Å². The van der Waals surface area contributed by atoms with E-state index >= 15 is 0 Å². The summed E-state index contributed by atoms with van der Waals surface area (Å²) in [5.74, 6) is -0.457. The Labute approximate surface area is 114 Å². The topological polar surface area (TPSA) is 81.6 Å². The van der Waals surface area contributed by atoms with Crippen LogP contribution in [0.5, 0.6) is 0 Å². The van der Waals surface area contributed by atoms with Crippen molar-refractivity contribution in [1.82, 2.24) is 4.90 Å². The van der Waals surface area contributed by atoms with Gasteiger partial charge in [0, 0.05) is 30.9 Å². The summed E-state index contributed by atoms with van der Waals surface area (Å²) in [6, 6.07) is 5.21. The normalized spacial score (nSPS) is 10.9. The molecular formula is C14H23N3O2. The Morgan fingerprint density at radius 1 is 1.37 bits per heavy atom. The molecule has 0 saturated carbocycles. The second kappa shape index (κ2) is 7.76. The van der Waals surface area contributed by atoms with Crippen molar-refractivity contribution in [2.24, 2.45) is 5.73 Å². The number of likely N-dealkylation sites (N-methyl/N-ethyl adjacent to an activating group) is 1. The number of nitrogens with zero attached hydrogens (tertiary/aromatic N) is 1. The molecule has 0 unspecified atom stereocenters. The lowest BCUT2D eigenvalue weighted by atomic mass is 10.1. The zero-order valence-electron chi connectivity index (χ0n) is 11.7. The van der Waals surface area contributed by atoms with Crippen LogP contribution < -0.4 is 11.5 Å². The average Bonchev–Trinajstić information content (AvgIpc) is 2.39. The van der Waals surface area contributed by atoms with Crippen LogP contribution in [-0.2, 0) is 11.3 Å². The van der Waals surface area contributed by atoms with Crippen LogP contribution in [-0.4, -0.2) is 37.1 Å². The van der Waals surface area contributed by atoms with Crippen molar-refractivity contribution in [2.75, 3.05) is 32.0 Å². The van der Waals surface area contributed by atoms with Gasteiger partial charge in [-0.1, -0.05) is 13.0 Å². The molecule has 106 valence electrons. The lowest BCUT2D eigenvalue weighted by molar-refractivity contribution is 0.100. The fourth-order valence-electron chi connectivity index (χ4n) is 1.82. The molecule has 5 heteroatoms. The van der Waals surface area contributed by atoms with Crippen LogP contribution >= 0.6 is 0 Å². The molecule has 0 bridgehead atoms. The van der Waals surface area contributed by atoms with Gasteiger partial charge in [0.05, 0.1) is 6.61 Å². The molecule has 0 aliphatic carbocycles. The first-order chi connectivity index (χ1) is 9.08. The summed E-state index contributed by atoms with van der Waals surface area (Å²) in [5, 5.41) is 0. The quantitative estimate of drug-likeness (QED) is 0.547. The number of carbonyl (C=O) groups excluding carboxylic acids is 1. The number of nitrogen functional groups attached to an aromatic ring is 1. The summed E-state index contributed by atoms with van der Waals surface area (Å²) in [4.78, 5) is 13.3. The highest BCUT2D eigenvalue weighted by Crippen LogP contribution is 2.16. The van der Waals surface area contributed by atoms with E-state index < -0.39 is 5.91 Å². The van der Waals surface area contributed by atoms with Crippen LogP contribution in [0, 0.1) is 0 Å². The molecule has 0 radical (unpaired) electrons. The van der Waals surface area contributed by atoms with Crippen LogP contribution in [0.3, 0.4) is 0 Å². The second-order valence-corrected chi connectivity index (χ2v) is 4.34. The van der Waals surface area contributed by atoms with Gasteiger partial charge in [0.15, 0.2) is 0 Å². The number of nitrogens with two attached hydrogens (primary N) is 2. The number of primary amides is 1. The van der Waals surface area contributed by atoms with E-state index in [1.165, 1.54) is 0 Å². The van der Waals surface area contributed by atoms with Crippen LogP contribution in [0.1, 0.15) is 29.8 Å². The third-order valence-electron chi connectivity index (χ3n) is 3.03. The molecule has 0 atom stereocenters. The smallest absolute Gasteiger partial charge is 0.248 e. The van der Waals surface area contributed by atoms with Crippen molar-refractivity contribution in [3.05, 3.63) is 29.3 Å². The monoisotopic (exact) mass is 265 g/mol. The highest BCUT2D eigenvalue weighted by Gasteiger charge is 2.08. The largest absolute Gasteiger partial charge is 0.398 e. The van der Waals surface area contributed by atoms with Crippen LogP contribution in [0.2, 0.25) is 0 Å². The average molecular weight is 265 g/mol. The molecule has 1 rings (SSSR count). The number of rotatable bonds is 8. The lowest BCUT2D eigenvalue weighted by Gasteiger charge is -2.21. The minimum Gasteiger partial charge on any atom is -0.398 e. The Morgan fingerprint density at radius 2 is 2.11 bits per heavy atom. The molecule has 5 nitrogen and oxygen atoms in total. The molecule has 1 aromatic carbocycles. The van der Waals surface area contributed by atoms with E-state index in [-0.39, 0.29) is 0 Å². The zero-order valence-corrected chi connectivity index (χ0v) is 11.7. The molecule has 0 aliphatic rings. The van der Waals surface area contributed by atoms with Crippen molar-refractivity contribution in [3.63, 3.8) is 0 Å². The number of anilines is 1. The highest BCUT2D eigenvalue weighted by molar-refractivity contribution is 5.93. The summed E-state index contributed by atoms with van der Waals surface area (Å²) >= 11 is 0. The Morgan fingerprint density at radius 3 is 2.63 bits per heavy atom. The molecule has 19 heavy (non-hydrogen) atoms. The van der Waals surface area contributed by atoms with Crippen molar-refractivity contribution in [3.8, 4) is 0 Å². The SMILES string of the molecule is CCOCCN(CC)Cc1ccc(C(N)=O)cc1N. The molecule has 0 aromatic heterocycles. The first kappa shape index (κ1) is 15.5. The first-order valence-electron chi connectivity index (χ1n) is 6.56. The van der Waals surface area contributed by atoms with Gasteiger partial charge in [-0.15, -0.1) is 0 Å². The van der Waals surface area contributed by atoms with E-state index in [1.807, 2.05) is 13.0 Å². The molecular weight excluding hydrogens is 242 g/mol. The van der Waals surface area contributed by atoms with Crippen LogP contribution in [0.15, 0.2) is 18.2 Å². The molecule has 1 aromatic rings. The first-order valence-corrected chi connectivity index (χ1v) is 6.56. The molecule has 0 saturated heterocycles. The predicted molar refractivity (Wildman–Crippen MR) is 76.8 cm³/mol. The van der Waals surface area contributed by atoms with Gasteiger partial charge >= 0.3 is 0 Å². The van der Waals surface area contributed by atoms with Crippen molar-refractivity contribution >= 4 is 11.6 Å². The number of hydrogen-bond donors (Lipinski definition) is 2. The Hall–Kier alpha value is -1.59. The number of benzene rings is 1. The van der Waals surface area contributed by atoms with E-state index in [2.05, 4.69) is 11.8 Å².